The van der Waals surface area contributed by atoms with E-state index in [2.05, 4.69) is 5.32 Å². The van der Waals surface area contributed by atoms with Gasteiger partial charge in [0.15, 0.2) is 5.76 Å². The number of likely N-dealkylation sites (N-methyl/N-ethyl adjacent to an activating group) is 2. The highest BCUT2D eigenvalue weighted by Gasteiger charge is 2.16. The molecule has 114 valence electrons. The monoisotopic (exact) mass is 328 g/mol. The van der Waals surface area contributed by atoms with Gasteiger partial charge in [0, 0.05) is 25.7 Å². The molecule has 0 atom stereocenters. The Morgan fingerprint density at radius 1 is 1.29 bits per heavy atom. The Morgan fingerprint density at radius 3 is 2.67 bits per heavy atom. The van der Waals surface area contributed by atoms with Gasteiger partial charge in [0.1, 0.15) is 5.76 Å². The van der Waals surface area contributed by atoms with Gasteiger partial charge >= 0.3 is 0 Å². The lowest BCUT2D eigenvalue weighted by Gasteiger charge is -2.15. The second-order valence-electron chi connectivity index (χ2n) is 4.47. The molecule has 0 aliphatic heterocycles. The molecular weight excluding hydrogens is 311 g/mol. The van der Waals surface area contributed by atoms with Gasteiger partial charge < -0.3 is 14.6 Å². The van der Waals surface area contributed by atoms with Crippen LogP contribution in [0.1, 0.15) is 10.6 Å². The van der Waals surface area contributed by atoms with Crippen LogP contribution in [0.5, 0.6) is 0 Å². The number of furan rings is 1. The third-order valence-corrected chi connectivity index (χ3v) is 3.33. The van der Waals surface area contributed by atoms with Crippen LogP contribution < -0.4 is 5.32 Å². The first-order chi connectivity index (χ1) is 9.63. The number of halogens is 2. The normalized spacial score (nSPS) is 10.0. The molecule has 0 saturated carbocycles. The molecule has 0 spiro atoms. The second-order valence-corrected chi connectivity index (χ2v) is 4.88. The Morgan fingerprint density at radius 2 is 2.00 bits per heavy atom. The quantitative estimate of drug-likeness (QED) is 0.915. The predicted octanol–water partition coefficient (Wildman–Crippen LogP) is 3.31. The molecule has 1 amide bonds. The minimum Gasteiger partial charge on any atom is -0.451 e. The Hall–Kier alpha value is -1.49. The fourth-order valence-corrected chi connectivity index (χ4v) is 2.06. The number of rotatable bonds is 5. The van der Waals surface area contributed by atoms with Crippen LogP contribution in [0, 0.1) is 0 Å². The number of hydrogen-bond donors (Lipinski definition) is 1. The van der Waals surface area contributed by atoms with E-state index in [1.807, 2.05) is 25.2 Å². The molecule has 1 heterocycles. The fraction of sp³-hybridized carbons (Fsp3) is 0.267. The van der Waals surface area contributed by atoms with E-state index >= 15 is 0 Å². The van der Waals surface area contributed by atoms with Gasteiger partial charge in [-0.05, 0) is 31.3 Å². The van der Waals surface area contributed by atoms with Crippen molar-refractivity contribution in [1.82, 2.24) is 10.2 Å². The van der Waals surface area contributed by atoms with Crippen molar-refractivity contribution in [2.75, 3.05) is 27.2 Å². The lowest BCUT2D eigenvalue weighted by molar-refractivity contribution is 0.0766. The molecule has 0 saturated heterocycles. The van der Waals surface area contributed by atoms with Gasteiger partial charge in [0.05, 0.1) is 5.02 Å². The van der Waals surface area contributed by atoms with E-state index < -0.39 is 0 Å². The smallest absolute Gasteiger partial charge is 0.289 e. The average Bonchev–Trinajstić information content (AvgIpc) is 2.94. The Bertz CT molecular complexity index is 599. The summed E-state index contributed by atoms with van der Waals surface area (Å²) < 4.78 is 5.62. The van der Waals surface area contributed by atoms with E-state index in [0.717, 1.165) is 12.1 Å². The summed E-state index contributed by atoms with van der Waals surface area (Å²) in [5, 5.41) is 3.60. The molecule has 21 heavy (non-hydrogen) atoms. The number of nitrogens with zero attached hydrogens (tertiary/aromatic N) is 1. The Labute approximate surface area is 135 Å². The lowest BCUT2D eigenvalue weighted by Crippen LogP contribution is -2.32. The maximum Gasteiger partial charge on any atom is 0.289 e. The van der Waals surface area contributed by atoms with Crippen molar-refractivity contribution in [3.63, 3.8) is 0 Å². The highest BCUT2D eigenvalue weighted by Crippen LogP contribution is 2.29. The van der Waals surface area contributed by atoms with Crippen LogP contribution in [0.15, 0.2) is 40.8 Å². The van der Waals surface area contributed by atoms with Crippen LogP contribution in [0.25, 0.3) is 11.3 Å². The van der Waals surface area contributed by atoms with Crippen molar-refractivity contribution in [3.05, 3.63) is 47.2 Å². The van der Waals surface area contributed by atoms with Gasteiger partial charge in [-0.3, -0.25) is 4.79 Å². The summed E-state index contributed by atoms with van der Waals surface area (Å²) in [7, 11) is 3.60. The number of benzene rings is 1. The molecular formula is C15H18Cl2N2O2. The van der Waals surface area contributed by atoms with Gasteiger partial charge in [0.2, 0.25) is 0 Å². The molecule has 0 bridgehead atoms. The molecule has 1 aromatic heterocycles. The van der Waals surface area contributed by atoms with Crippen LogP contribution >= 0.6 is 24.0 Å². The van der Waals surface area contributed by atoms with Crippen LogP contribution in [0.4, 0.5) is 0 Å². The maximum atomic E-state index is 12.2. The first kappa shape index (κ1) is 17.6. The van der Waals surface area contributed by atoms with Crippen molar-refractivity contribution in [1.29, 1.82) is 0 Å². The van der Waals surface area contributed by atoms with E-state index in [-0.39, 0.29) is 18.3 Å². The molecule has 4 nitrogen and oxygen atoms in total. The molecule has 0 radical (unpaired) electrons. The van der Waals surface area contributed by atoms with Crippen molar-refractivity contribution in [2.24, 2.45) is 0 Å². The number of amides is 1. The summed E-state index contributed by atoms with van der Waals surface area (Å²) in [6.45, 7) is 1.36. The van der Waals surface area contributed by atoms with E-state index in [1.165, 1.54) is 0 Å². The zero-order chi connectivity index (χ0) is 14.5. The molecule has 0 unspecified atom stereocenters. The van der Waals surface area contributed by atoms with Gasteiger partial charge in [-0.15, -0.1) is 12.4 Å². The van der Waals surface area contributed by atoms with Gasteiger partial charge in [-0.25, -0.2) is 0 Å². The minimum atomic E-state index is -0.140. The highest BCUT2D eigenvalue weighted by atomic mass is 35.5. The number of hydrogen-bond acceptors (Lipinski definition) is 3. The SMILES string of the molecule is CNCCN(C)C(=O)c1ccc(-c2ccccc2Cl)o1.Cl. The summed E-state index contributed by atoms with van der Waals surface area (Å²) in [5.74, 6) is 0.776. The first-order valence-corrected chi connectivity index (χ1v) is 6.76. The summed E-state index contributed by atoms with van der Waals surface area (Å²) >= 11 is 6.12. The van der Waals surface area contributed by atoms with Crippen molar-refractivity contribution in [3.8, 4) is 11.3 Å². The van der Waals surface area contributed by atoms with Crippen LogP contribution in [0.3, 0.4) is 0 Å². The zero-order valence-corrected chi connectivity index (χ0v) is 13.5. The van der Waals surface area contributed by atoms with E-state index in [4.69, 9.17) is 16.0 Å². The topological polar surface area (TPSA) is 45.5 Å². The summed E-state index contributed by atoms with van der Waals surface area (Å²) in [4.78, 5) is 13.8. The summed E-state index contributed by atoms with van der Waals surface area (Å²) in [6.07, 6.45) is 0. The van der Waals surface area contributed by atoms with Crippen molar-refractivity contribution < 1.29 is 9.21 Å². The molecule has 1 aromatic carbocycles. The van der Waals surface area contributed by atoms with Crippen molar-refractivity contribution >= 4 is 29.9 Å². The standard InChI is InChI=1S/C15H17ClN2O2.ClH/c1-17-9-10-18(2)15(19)14-8-7-13(20-14)11-5-3-4-6-12(11)16;/h3-8,17H,9-10H2,1-2H3;1H. The molecule has 2 rings (SSSR count). The third kappa shape index (κ3) is 4.24. The summed E-state index contributed by atoms with van der Waals surface area (Å²) in [6, 6.07) is 10.8. The van der Waals surface area contributed by atoms with E-state index in [1.54, 1.807) is 30.1 Å². The van der Waals surface area contributed by atoms with Gasteiger partial charge in [-0.2, -0.15) is 0 Å². The first-order valence-electron chi connectivity index (χ1n) is 6.38. The minimum absolute atomic E-state index is 0. The zero-order valence-electron chi connectivity index (χ0n) is 11.9. The largest absolute Gasteiger partial charge is 0.451 e. The van der Waals surface area contributed by atoms with E-state index in [0.29, 0.717) is 23.1 Å². The highest BCUT2D eigenvalue weighted by molar-refractivity contribution is 6.33. The van der Waals surface area contributed by atoms with Gasteiger partial charge in [0.25, 0.3) is 5.91 Å². The number of nitrogens with one attached hydrogen (secondary N) is 1. The lowest BCUT2D eigenvalue weighted by atomic mass is 10.2. The molecule has 1 N–H and O–H groups in total. The molecule has 0 aliphatic rings. The maximum absolute atomic E-state index is 12.2. The number of carbonyl (C=O) groups excluding carboxylic acids is 1. The average molecular weight is 329 g/mol. The fourth-order valence-electron chi connectivity index (χ4n) is 1.83. The number of carbonyl (C=O) groups is 1. The van der Waals surface area contributed by atoms with Crippen LogP contribution in [-0.2, 0) is 0 Å². The third-order valence-electron chi connectivity index (χ3n) is 3.00. The van der Waals surface area contributed by atoms with Crippen LogP contribution in [0.2, 0.25) is 5.02 Å². The Kier molecular flexibility index (Phi) is 6.75. The predicted molar refractivity (Wildman–Crippen MR) is 87.3 cm³/mol. The van der Waals surface area contributed by atoms with E-state index in [9.17, 15) is 4.79 Å². The Balaban J connectivity index is 0.00000220. The molecule has 2 aromatic rings. The molecule has 0 fully saturated rings. The second kappa shape index (κ2) is 8.08. The summed E-state index contributed by atoms with van der Waals surface area (Å²) in [5.41, 5.74) is 0.783. The van der Waals surface area contributed by atoms with Gasteiger partial charge in [-0.1, -0.05) is 23.7 Å². The molecule has 0 aliphatic carbocycles. The van der Waals surface area contributed by atoms with Crippen molar-refractivity contribution in [2.45, 2.75) is 0 Å². The van der Waals surface area contributed by atoms with Crippen LogP contribution in [-0.4, -0.2) is 38.0 Å². The molecule has 6 heteroatoms.